The largest absolute Gasteiger partial charge is 0.490 e. The van der Waals surface area contributed by atoms with Gasteiger partial charge in [0.05, 0.1) is 6.61 Å². The van der Waals surface area contributed by atoms with E-state index in [-0.39, 0.29) is 17.4 Å². The van der Waals surface area contributed by atoms with Crippen LogP contribution in [0.4, 0.5) is 4.39 Å². The zero-order chi connectivity index (χ0) is 22.5. The molecule has 0 fully saturated rings. The lowest BCUT2D eigenvalue weighted by molar-refractivity contribution is -0.129. The van der Waals surface area contributed by atoms with Crippen molar-refractivity contribution in [3.05, 3.63) is 100 Å². The van der Waals surface area contributed by atoms with Crippen molar-refractivity contribution in [1.82, 2.24) is 0 Å². The third kappa shape index (κ3) is 5.03. The van der Waals surface area contributed by atoms with Gasteiger partial charge >= 0.3 is 5.97 Å². The second-order valence-electron chi connectivity index (χ2n) is 7.26. The molecule has 0 N–H and O–H groups in total. The molecule has 1 aliphatic rings. The molecule has 0 atom stereocenters. The highest BCUT2D eigenvalue weighted by Crippen LogP contribution is 2.31. The third-order valence-corrected chi connectivity index (χ3v) is 4.80. The SMILES string of the molecule is CCOc1cc(C=C2N=C(c3ccc(F)cc3)OC2=O)ccc1OCc1ccc(C)cc1. The minimum absolute atomic E-state index is 0.143. The lowest BCUT2D eigenvalue weighted by Gasteiger charge is -2.13. The predicted molar refractivity (Wildman–Crippen MR) is 120 cm³/mol. The molecule has 0 spiro atoms. The quantitative estimate of drug-likeness (QED) is 0.368. The van der Waals surface area contributed by atoms with Gasteiger partial charge < -0.3 is 14.2 Å². The van der Waals surface area contributed by atoms with E-state index >= 15 is 0 Å². The number of benzene rings is 3. The second kappa shape index (κ2) is 9.47. The van der Waals surface area contributed by atoms with Crippen LogP contribution in [0, 0.1) is 12.7 Å². The van der Waals surface area contributed by atoms with Crippen molar-refractivity contribution in [1.29, 1.82) is 0 Å². The van der Waals surface area contributed by atoms with Crippen molar-refractivity contribution >= 4 is 17.9 Å². The van der Waals surface area contributed by atoms with Crippen molar-refractivity contribution in [2.75, 3.05) is 6.61 Å². The Labute approximate surface area is 185 Å². The van der Waals surface area contributed by atoms with Crippen LogP contribution in [0.5, 0.6) is 11.5 Å². The number of carbonyl (C=O) groups is 1. The molecule has 0 unspecified atom stereocenters. The van der Waals surface area contributed by atoms with E-state index in [1.807, 2.05) is 44.2 Å². The summed E-state index contributed by atoms with van der Waals surface area (Å²) in [6.07, 6.45) is 1.62. The van der Waals surface area contributed by atoms with Gasteiger partial charge in [-0.15, -0.1) is 0 Å². The van der Waals surface area contributed by atoms with Gasteiger partial charge in [-0.3, -0.25) is 0 Å². The summed E-state index contributed by atoms with van der Waals surface area (Å²) in [5.41, 5.74) is 3.64. The standard InChI is InChI=1S/C26H22FNO4/c1-3-30-24-15-19(8-13-23(24)31-16-18-6-4-17(2)5-7-18)14-22-26(29)32-25(28-22)20-9-11-21(27)12-10-20/h4-15H,3,16H2,1-2H3. The molecule has 0 saturated heterocycles. The van der Waals surface area contributed by atoms with E-state index < -0.39 is 5.97 Å². The summed E-state index contributed by atoms with van der Waals surface area (Å²) < 4.78 is 30.1. The average molecular weight is 431 g/mol. The molecule has 5 nitrogen and oxygen atoms in total. The molecule has 0 amide bonds. The molecular weight excluding hydrogens is 409 g/mol. The van der Waals surface area contributed by atoms with Gasteiger partial charge in [-0.1, -0.05) is 35.9 Å². The predicted octanol–water partition coefficient (Wildman–Crippen LogP) is 5.46. The summed E-state index contributed by atoms with van der Waals surface area (Å²) in [5.74, 6) is 0.385. The second-order valence-corrected chi connectivity index (χ2v) is 7.26. The summed E-state index contributed by atoms with van der Waals surface area (Å²) in [7, 11) is 0. The Hall–Kier alpha value is -3.93. The van der Waals surface area contributed by atoms with Gasteiger partial charge in [0.1, 0.15) is 12.4 Å². The highest BCUT2D eigenvalue weighted by molar-refractivity contribution is 6.12. The number of hydrogen-bond acceptors (Lipinski definition) is 5. The van der Waals surface area contributed by atoms with E-state index in [1.54, 1.807) is 18.2 Å². The first-order valence-electron chi connectivity index (χ1n) is 10.3. The van der Waals surface area contributed by atoms with Crippen LogP contribution >= 0.6 is 0 Å². The molecule has 0 saturated carbocycles. The number of hydrogen-bond donors (Lipinski definition) is 0. The number of ether oxygens (including phenoxy) is 3. The van der Waals surface area contributed by atoms with Crippen LogP contribution in [0.2, 0.25) is 0 Å². The van der Waals surface area contributed by atoms with Gasteiger partial charge in [0.25, 0.3) is 0 Å². The van der Waals surface area contributed by atoms with E-state index in [9.17, 15) is 9.18 Å². The first kappa shape index (κ1) is 21.3. The molecule has 0 aromatic heterocycles. The van der Waals surface area contributed by atoms with Crippen molar-refractivity contribution in [3.63, 3.8) is 0 Å². The van der Waals surface area contributed by atoms with Crippen LogP contribution in [-0.2, 0) is 16.1 Å². The summed E-state index contributed by atoms with van der Waals surface area (Å²) >= 11 is 0. The van der Waals surface area contributed by atoms with Crippen LogP contribution in [-0.4, -0.2) is 18.5 Å². The Balaban J connectivity index is 1.54. The molecule has 1 aliphatic heterocycles. The van der Waals surface area contributed by atoms with Crippen LogP contribution in [0.3, 0.4) is 0 Å². The van der Waals surface area contributed by atoms with E-state index in [1.165, 1.54) is 29.8 Å². The van der Waals surface area contributed by atoms with Crippen molar-refractivity contribution in [2.45, 2.75) is 20.5 Å². The zero-order valence-electron chi connectivity index (χ0n) is 17.8. The number of aryl methyl sites for hydroxylation is 1. The summed E-state index contributed by atoms with van der Waals surface area (Å²) in [5, 5.41) is 0. The number of halogens is 1. The summed E-state index contributed by atoms with van der Waals surface area (Å²) in [6, 6.07) is 19.1. The molecule has 6 heteroatoms. The molecule has 0 radical (unpaired) electrons. The van der Waals surface area contributed by atoms with Crippen LogP contribution < -0.4 is 9.47 Å². The van der Waals surface area contributed by atoms with E-state index in [0.717, 1.165) is 5.56 Å². The van der Waals surface area contributed by atoms with Gasteiger partial charge in [0, 0.05) is 5.56 Å². The fraction of sp³-hybridized carbons (Fsp3) is 0.154. The molecule has 162 valence electrons. The van der Waals surface area contributed by atoms with E-state index in [2.05, 4.69) is 4.99 Å². The van der Waals surface area contributed by atoms with Gasteiger partial charge in [0.2, 0.25) is 5.90 Å². The molecule has 3 aromatic carbocycles. The maximum atomic E-state index is 13.1. The Morgan fingerprint density at radius 2 is 1.72 bits per heavy atom. The van der Waals surface area contributed by atoms with E-state index in [0.29, 0.717) is 35.8 Å². The number of esters is 1. The minimum Gasteiger partial charge on any atom is -0.490 e. The fourth-order valence-electron chi connectivity index (χ4n) is 3.13. The van der Waals surface area contributed by atoms with E-state index in [4.69, 9.17) is 14.2 Å². The maximum absolute atomic E-state index is 13.1. The fourth-order valence-corrected chi connectivity index (χ4v) is 3.13. The van der Waals surface area contributed by atoms with Crippen molar-refractivity contribution in [3.8, 4) is 11.5 Å². The van der Waals surface area contributed by atoms with Gasteiger partial charge in [-0.25, -0.2) is 14.2 Å². The minimum atomic E-state index is -0.568. The molecule has 32 heavy (non-hydrogen) atoms. The zero-order valence-corrected chi connectivity index (χ0v) is 17.8. The maximum Gasteiger partial charge on any atom is 0.363 e. The van der Waals surface area contributed by atoms with Gasteiger partial charge in [0.15, 0.2) is 17.2 Å². The molecule has 4 rings (SSSR count). The monoisotopic (exact) mass is 431 g/mol. The van der Waals surface area contributed by atoms with Crippen molar-refractivity contribution in [2.24, 2.45) is 4.99 Å². The molecule has 0 aliphatic carbocycles. The van der Waals surface area contributed by atoms with Crippen molar-refractivity contribution < 1.29 is 23.4 Å². The summed E-state index contributed by atoms with van der Waals surface area (Å²) in [6.45, 7) is 4.81. The number of nitrogens with zero attached hydrogens (tertiary/aromatic N) is 1. The molecular formula is C26H22FNO4. The highest BCUT2D eigenvalue weighted by atomic mass is 19.1. The Bertz CT molecular complexity index is 1180. The average Bonchev–Trinajstić information content (AvgIpc) is 3.15. The van der Waals surface area contributed by atoms with Crippen LogP contribution in [0.15, 0.2) is 77.4 Å². The Morgan fingerprint density at radius 1 is 0.969 bits per heavy atom. The lowest BCUT2D eigenvalue weighted by Crippen LogP contribution is -2.05. The van der Waals surface area contributed by atoms with Crippen LogP contribution in [0.1, 0.15) is 29.2 Å². The van der Waals surface area contributed by atoms with Gasteiger partial charge in [-0.2, -0.15) is 0 Å². The molecule has 1 heterocycles. The Morgan fingerprint density at radius 3 is 2.44 bits per heavy atom. The highest BCUT2D eigenvalue weighted by Gasteiger charge is 2.24. The lowest BCUT2D eigenvalue weighted by atomic mass is 10.1. The Kier molecular flexibility index (Phi) is 6.31. The number of aliphatic imine (C=N–C) groups is 1. The topological polar surface area (TPSA) is 57.1 Å². The third-order valence-electron chi connectivity index (χ3n) is 4.80. The first-order valence-corrected chi connectivity index (χ1v) is 10.3. The van der Waals surface area contributed by atoms with Crippen LogP contribution in [0.25, 0.3) is 6.08 Å². The number of carbonyl (C=O) groups excluding carboxylic acids is 1. The van der Waals surface area contributed by atoms with Gasteiger partial charge in [-0.05, 0) is 67.4 Å². The smallest absolute Gasteiger partial charge is 0.363 e. The first-order chi connectivity index (χ1) is 15.5. The number of rotatable bonds is 7. The number of cyclic esters (lactones) is 1. The molecule has 0 bridgehead atoms. The summed E-state index contributed by atoms with van der Waals surface area (Å²) in [4.78, 5) is 16.5. The normalized spacial score (nSPS) is 14.3. The molecule has 3 aromatic rings.